The lowest BCUT2D eigenvalue weighted by molar-refractivity contribution is -0.135. The van der Waals surface area contributed by atoms with Gasteiger partial charge in [0.1, 0.15) is 12.4 Å². The van der Waals surface area contributed by atoms with Gasteiger partial charge in [0.15, 0.2) is 5.96 Å². The van der Waals surface area contributed by atoms with Gasteiger partial charge in [0, 0.05) is 20.0 Å². The minimum Gasteiger partial charge on any atom is -0.492 e. The predicted molar refractivity (Wildman–Crippen MR) is 81.2 cm³/mol. The molecule has 7 heteroatoms. The number of para-hydroxylation sites is 1. The van der Waals surface area contributed by atoms with Crippen LogP contribution in [-0.2, 0) is 0 Å². The van der Waals surface area contributed by atoms with Crippen LogP contribution in [0.25, 0.3) is 0 Å². The molecule has 0 fully saturated rings. The van der Waals surface area contributed by atoms with Crippen LogP contribution in [0.1, 0.15) is 19.3 Å². The molecule has 0 heterocycles. The average Bonchev–Trinajstić information content (AvgIpc) is 2.49. The van der Waals surface area contributed by atoms with E-state index in [1.54, 1.807) is 7.05 Å². The van der Waals surface area contributed by atoms with E-state index in [4.69, 9.17) is 4.74 Å². The Morgan fingerprint density at radius 3 is 2.41 bits per heavy atom. The number of nitrogens with zero attached hydrogens (tertiary/aromatic N) is 1. The molecule has 1 rings (SSSR count). The fourth-order valence-corrected chi connectivity index (χ4v) is 1.73. The van der Waals surface area contributed by atoms with E-state index in [1.165, 1.54) is 0 Å². The summed E-state index contributed by atoms with van der Waals surface area (Å²) in [6.07, 6.45) is -4.26. The zero-order chi connectivity index (χ0) is 16.3. The molecule has 0 radical (unpaired) electrons. The topological polar surface area (TPSA) is 45.7 Å². The van der Waals surface area contributed by atoms with Gasteiger partial charge in [-0.3, -0.25) is 4.99 Å². The first kappa shape index (κ1) is 18.1. The van der Waals surface area contributed by atoms with E-state index < -0.39 is 12.6 Å². The summed E-state index contributed by atoms with van der Waals surface area (Å²) >= 11 is 0. The molecule has 1 aromatic carbocycles. The Bertz CT molecular complexity index is 435. The van der Waals surface area contributed by atoms with E-state index in [2.05, 4.69) is 15.6 Å². The molecule has 2 N–H and O–H groups in total. The van der Waals surface area contributed by atoms with E-state index in [9.17, 15) is 13.2 Å². The number of guanidine groups is 1. The molecule has 0 atom stereocenters. The monoisotopic (exact) mass is 317 g/mol. The van der Waals surface area contributed by atoms with Crippen molar-refractivity contribution in [3.05, 3.63) is 30.3 Å². The molecule has 0 bridgehead atoms. The van der Waals surface area contributed by atoms with Gasteiger partial charge in [0.2, 0.25) is 0 Å². The summed E-state index contributed by atoms with van der Waals surface area (Å²) in [6.45, 7) is 1.48. The standard InChI is InChI=1S/C15H22F3N3O/c1-19-14(20-10-6-5-9-15(16,17)18)21-11-12-22-13-7-3-2-4-8-13/h2-4,7-8H,5-6,9-12H2,1H3,(H2,19,20,21). The van der Waals surface area contributed by atoms with Crippen molar-refractivity contribution in [2.24, 2.45) is 4.99 Å². The predicted octanol–water partition coefficient (Wildman–Crippen LogP) is 2.96. The highest BCUT2D eigenvalue weighted by atomic mass is 19.4. The molecule has 0 spiro atoms. The van der Waals surface area contributed by atoms with Crippen LogP contribution < -0.4 is 15.4 Å². The van der Waals surface area contributed by atoms with Crippen LogP contribution in [0.3, 0.4) is 0 Å². The minimum absolute atomic E-state index is 0.116. The summed E-state index contributed by atoms with van der Waals surface area (Å²) in [6, 6.07) is 9.44. The first-order chi connectivity index (χ1) is 10.5. The van der Waals surface area contributed by atoms with Crippen molar-refractivity contribution in [1.29, 1.82) is 0 Å². The summed E-state index contributed by atoms with van der Waals surface area (Å²) in [4.78, 5) is 4.00. The lowest BCUT2D eigenvalue weighted by Crippen LogP contribution is -2.39. The second-order valence-corrected chi connectivity index (χ2v) is 4.66. The van der Waals surface area contributed by atoms with Crippen molar-refractivity contribution in [3.8, 4) is 5.75 Å². The van der Waals surface area contributed by atoms with Gasteiger partial charge in [-0.25, -0.2) is 0 Å². The van der Waals surface area contributed by atoms with Crippen molar-refractivity contribution in [2.45, 2.75) is 25.4 Å². The van der Waals surface area contributed by atoms with Gasteiger partial charge >= 0.3 is 6.18 Å². The van der Waals surface area contributed by atoms with Crippen LogP contribution in [0.2, 0.25) is 0 Å². The molecular weight excluding hydrogens is 295 g/mol. The Balaban J connectivity index is 2.07. The maximum absolute atomic E-state index is 12.0. The van der Waals surface area contributed by atoms with Crippen molar-refractivity contribution < 1.29 is 17.9 Å². The highest BCUT2D eigenvalue weighted by Gasteiger charge is 2.25. The number of rotatable bonds is 8. The zero-order valence-electron chi connectivity index (χ0n) is 12.6. The number of ether oxygens (including phenoxy) is 1. The van der Waals surface area contributed by atoms with Gasteiger partial charge in [-0.05, 0) is 25.0 Å². The highest BCUT2D eigenvalue weighted by Crippen LogP contribution is 2.21. The van der Waals surface area contributed by atoms with Gasteiger partial charge < -0.3 is 15.4 Å². The minimum atomic E-state index is -4.07. The number of halogens is 3. The molecular formula is C15H22F3N3O. The Labute approximate surface area is 128 Å². The Morgan fingerprint density at radius 2 is 1.77 bits per heavy atom. The third-order valence-electron chi connectivity index (χ3n) is 2.81. The SMILES string of the molecule is CN=C(NCCCCC(F)(F)F)NCCOc1ccccc1. The molecule has 4 nitrogen and oxygen atoms in total. The number of unbranched alkanes of at least 4 members (excludes halogenated alkanes) is 1. The van der Waals surface area contributed by atoms with E-state index in [0.717, 1.165) is 5.75 Å². The first-order valence-electron chi connectivity index (χ1n) is 7.20. The van der Waals surface area contributed by atoms with Crippen LogP contribution >= 0.6 is 0 Å². The number of hydrogen-bond donors (Lipinski definition) is 2. The molecule has 0 saturated heterocycles. The van der Waals surface area contributed by atoms with E-state index in [-0.39, 0.29) is 6.42 Å². The van der Waals surface area contributed by atoms with Crippen molar-refractivity contribution in [3.63, 3.8) is 0 Å². The third kappa shape index (κ3) is 9.10. The molecule has 0 unspecified atom stereocenters. The van der Waals surface area contributed by atoms with Crippen LogP contribution in [-0.4, -0.2) is 38.9 Å². The van der Waals surface area contributed by atoms with E-state index >= 15 is 0 Å². The van der Waals surface area contributed by atoms with Crippen LogP contribution in [0.15, 0.2) is 35.3 Å². The van der Waals surface area contributed by atoms with E-state index in [1.807, 2.05) is 30.3 Å². The van der Waals surface area contributed by atoms with Crippen molar-refractivity contribution in [1.82, 2.24) is 10.6 Å². The second kappa shape index (κ2) is 9.92. The highest BCUT2D eigenvalue weighted by molar-refractivity contribution is 5.79. The maximum Gasteiger partial charge on any atom is 0.389 e. The zero-order valence-corrected chi connectivity index (χ0v) is 12.6. The second-order valence-electron chi connectivity index (χ2n) is 4.66. The lowest BCUT2D eigenvalue weighted by Gasteiger charge is -2.12. The molecule has 124 valence electrons. The van der Waals surface area contributed by atoms with Crippen LogP contribution in [0.5, 0.6) is 5.75 Å². The Hall–Kier alpha value is -1.92. The number of alkyl halides is 3. The third-order valence-corrected chi connectivity index (χ3v) is 2.81. The molecule has 0 aliphatic heterocycles. The normalized spacial score (nSPS) is 12.1. The molecule has 1 aromatic rings. The number of hydrogen-bond acceptors (Lipinski definition) is 2. The summed E-state index contributed by atoms with van der Waals surface area (Å²) in [5.41, 5.74) is 0. The maximum atomic E-state index is 12.0. The van der Waals surface area contributed by atoms with Gasteiger partial charge in [0.25, 0.3) is 0 Å². The number of nitrogens with one attached hydrogen (secondary N) is 2. The largest absolute Gasteiger partial charge is 0.492 e. The molecule has 22 heavy (non-hydrogen) atoms. The van der Waals surface area contributed by atoms with Crippen molar-refractivity contribution >= 4 is 5.96 Å². The van der Waals surface area contributed by atoms with E-state index in [0.29, 0.717) is 32.1 Å². The number of benzene rings is 1. The quantitative estimate of drug-likeness (QED) is 0.440. The summed E-state index contributed by atoms with van der Waals surface area (Å²) in [7, 11) is 1.61. The summed E-state index contributed by atoms with van der Waals surface area (Å²) in [5.74, 6) is 1.35. The summed E-state index contributed by atoms with van der Waals surface area (Å²) in [5, 5.41) is 6.01. The van der Waals surface area contributed by atoms with Crippen LogP contribution in [0, 0.1) is 0 Å². The molecule has 0 saturated carbocycles. The van der Waals surface area contributed by atoms with Gasteiger partial charge in [-0.2, -0.15) is 13.2 Å². The fourth-order valence-electron chi connectivity index (χ4n) is 1.73. The molecule has 0 aliphatic carbocycles. The number of aliphatic imine (C=N–C) groups is 1. The molecule has 0 aliphatic rings. The Kier molecular flexibility index (Phi) is 8.17. The fraction of sp³-hybridized carbons (Fsp3) is 0.533. The summed E-state index contributed by atoms with van der Waals surface area (Å²) < 4.78 is 41.5. The van der Waals surface area contributed by atoms with Gasteiger partial charge in [-0.15, -0.1) is 0 Å². The Morgan fingerprint density at radius 1 is 1.09 bits per heavy atom. The molecule has 0 aromatic heterocycles. The smallest absolute Gasteiger partial charge is 0.389 e. The molecule has 0 amide bonds. The van der Waals surface area contributed by atoms with Crippen LogP contribution in [0.4, 0.5) is 13.2 Å². The average molecular weight is 317 g/mol. The first-order valence-corrected chi connectivity index (χ1v) is 7.20. The van der Waals surface area contributed by atoms with Crippen molar-refractivity contribution in [2.75, 3.05) is 26.7 Å². The lowest BCUT2D eigenvalue weighted by atomic mass is 10.2. The van der Waals surface area contributed by atoms with Gasteiger partial charge in [0.05, 0.1) is 6.54 Å². The van der Waals surface area contributed by atoms with Gasteiger partial charge in [-0.1, -0.05) is 18.2 Å².